The number of hydrogen-bond donors (Lipinski definition) is 0. The molecule has 0 unspecified atom stereocenters. The minimum absolute atomic E-state index is 0. The zero-order valence-corrected chi connectivity index (χ0v) is 36.9. The van der Waals surface area contributed by atoms with Crippen molar-refractivity contribution in [2.24, 2.45) is 0 Å². The summed E-state index contributed by atoms with van der Waals surface area (Å²) in [5.74, 6) is 0. The first-order chi connectivity index (χ1) is 19.8. The van der Waals surface area contributed by atoms with Gasteiger partial charge in [0.05, 0.1) is 0 Å². The van der Waals surface area contributed by atoms with Crippen molar-refractivity contribution < 1.29 is 0 Å². The molecule has 0 N–H and O–H groups in total. The van der Waals surface area contributed by atoms with Crippen LogP contribution in [0.5, 0.6) is 0 Å². The van der Waals surface area contributed by atoms with Gasteiger partial charge in [-0.15, -0.1) is 0 Å². The second kappa shape index (κ2) is 24.1. The molecule has 0 nitrogen and oxygen atoms in total. The number of aryl methyl sites for hydroxylation is 2. The minimum Gasteiger partial charge on any atom is 0.0467 e. The topological polar surface area (TPSA) is 0 Å². The second-order valence-electron chi connectivity index (χ2n) is 14.0. The van der Waals surface area contributed by atoms with E-state index in [-0.39, 0.29) is 7.43 Å². The maximum absolute atomic E-state index is 2.66. The van der Waals surface area contributed by atoms with E-state index in [1.165, 1.54) is 141 Å². The molecule has 2 rings (SSSR count). The molecule has 241 valence electrons. The Kier molecular flexibility index (Phi) is 23.5. The molecule has 0 aliphatic rings. The van der Waals surface area contributed by atoms with E-state index < -0.39 is 38.1 Å². The van der Waals surface area contributed by atoms with Crippen molar-refractivity contribution in [2.75, 3.05) is 0 Å². The van der Waals surface area contributed by atoms with E-state index in [0.29, 0.717) is 0 Å². The van der Waals surface area contributed by atoms with E-state index in [9.17, 15) is 0 Å². The van der Waals surface area contributed by atoms with Crippen molar-refractivity contribution in [1.29, 1.82) is 0 Å². The van der Waals surface area contributed by atoms with Crippen LogP contribution in [-0.4, -0.2) is 38.1 Å². The number of thiophene rings is 2. The first kappa shape index (κ1) is 40.9. The number of hydrogen-bond acceptors (Lipinski definition) is 2. The van der Waals surface area contributed by atoms with Gasteiger partial charge in [-0.25, -0.2) is 0 Å². The largest absolute Gasteiger partial charge is 0.0467 e. The Balaban J connectivity index is 0.00000882. The third-order valence-corrected chi connectivity index (χ3v) is 27.7. The van der Waals surface area contributed by atoms with E-state index in [2.05, 4.69) is 73.4 Å². The molecule has 2 heterocycles. The molecule has 0 saturated carbocycles. The molecule has 2 aromatic rings. The molecular weight excluding hydrogens is 758 g/mol. The minimum atomic E-state index is -2.13. The first-order valence-electron chi connectivity index (χ1n) is 17.8. The van der Waals surface area contributed by atoms with Gasteiger partial charge in [0.1, 0.15) is 0 Å². The van der Waals surface area contributed by atoms with Crippen molar-refractivity contribution >= 4 is 66.6 Å². The monoisotopic (exact) mass is 830 g/mol. The van der Waals surface area contributed by atoms with Crippen LogP contribution in [0.4, 0.5) is 0 Å². The summed E-state index contributed by atoms with van der Waals surface area (Å²) in [7, 11) is 0. The zero-order chi connectivity index (χ0) is 29.9. The number of rotatable bonds is 25. The zero-order valence-electron chi connectivity index (χ0n) is 29.5. The maximum Gasteiger partial charge on any atom is 0.0467 e. The molecule has 0 aliphatic carbocycles. The average molecular weight is 829 g/mol. The molecule has 4 heteroatoms. The van der Waals surface area contributed by atoms with Crippen LogP contribution >= 0.6 is 22.7 Å². The van der Waals surface area contributed by atoms with Gasteiger partial charge in [0, 0.05) is 7.43 Å². The molecule has 0 atom stereocenters. The fourth-order valence-corrected chi connectivity index (χ4v) is 20.6. The van der Waals surface area contributed by atoms with Crippen molar-refractivity contribution in [2.45, 2.75) is 180 Å². The summed E-state index contributed by atoms with van der Waals surface area (Å²) >= 11 is 0.876. The van der Waals surface area contributed by atoms with Crippen molar-refractivity contribution in [3.8, 4) is 9.75 Å². The molecule has 0 fully saturated rings. The van der Waals surface area contributed by atoms with Gasteiger partial charge in [-0.05, 0) is 0 Å². The van der Waals surface area contributed by atoms with Crippen LogP contribution in [-0.2, 0) is 12.8 Å². The normalized spacial score (nSPS) is 11.9. The third-order valence-electron chi connectivity index (χ3n) is 8.60. The second-order valence-corrected chi connectivity index (χ2v) is 39.6. The SMILES string of the molecule is CCCCCCCCCCCCc1cc(-c2cc(CCCCCCCCCCCC)[c]([Sn]([CH3])([CH3])[CH3])s2)s[c]1[Sn]([CH3])[CH3].[CH3+]. The third kappa shape index (κ3) is 16.4. The Morgan fingerprint density at radius 1 is 0.524 bits per heavy atom. The predicted octanol–water partition coefficient (Wildman–Crippen LogP) is 13.4. The van der Waals surface area contributed by atoms with Gasteiger partial charge < -0.3 is 0 Å². The Labute approximate surface area is 284 Å². The summed E-state index contributed by atoms with van der Waals surface area (Å²) < 4.78 is 3.70. The van der Waals surface area contributed by atoms with E-state index >= 15 is 0 Å². The molecule has 0 bridgehead atoms. The molecule has 1 radical (unpaired) electrons. The van der Waals surface area contributed by atoms with Crippen LogP contribution < -0.4 is 5.79 Å². The van der Waals surface area contributed by atoms with Gasteiger partial charge in [-0.2, -0.15) is 0 Å². The quantitative estimate of drug-likeness (QED) is 0.0531. The molecule has 0 aliphatic heterocycles. The van der Waals surface area contributed by atoms with Gasteiger partial charge in [-0.3, -0.25) is 0 Å². The van der Waals surface area contributed by atoms with Crippen LogP contribution in [0, 0.1) is 7.43 Å². The molecular formula is C38H70S2Sn2+. The molecule has 0 saturated heterocycles. The van der Waals surface area contributed by atoms with Crippen molar-refractivity contribution in [3.05, 3.63) is 30.7 Å². The molecule has 0 amide bonds. The van der Waals surface area contributed by atoms with Gasteiger partial charge in [0.15, 0.2) is 0 Å². The maximum atomic E-state index is 2.66. The summed E-state index contributed by atoms with van der Waals surface area (Å²) in [6, 6.07) is 5.31. The van der Waals surface area contributed by atoms with Gasteiger partial charge in [-0.1, -0.05) is 26.7 Å². The standard InChI is InChI=1S/C32H52S2.6CH3.2Sn/c1-3-5-7-9-11-13-15-17-19-21-23-29-25-31(33-27-29)32-26-30(28-34-32)24-22-20-18-16-14-12-10-8-6-4-2;;;;;;;;/h25-26H,3-24H2,1-2H3;6*1H3;;/q;;;;;;+1;;. The van der Waals surface area contributed by atoms with Crippen molar-refractivity contribution in [1.82, 2.24) is 0 Å². The summed E-state index contributed by atoms with van der Waals surface area (Å²) in [6.07, 6.45) is 31.3. The summed E-state index contributed by atoms with van der Waals surface area (Å²) in [4.78, 5) is 16.3. The number of unbranched alkanes of at least 4 members (excludes halogenated alkanes) is 18. The molecule has 0 spiro atoms. The average Bonchev–Trinajstić information content (AvgIpc) is 3.56. The fraction of sp³-hybridized carbons (Fsp3) is 0.763. The fourth-order valence-electron chi connectivity index (χ4n) is 6.14. The van der Waals surface area contributed by atoms with E-state index in [0.717, 1.165) is 0 Å². The smallest absolute Gasteiger partial charge is 0.0467 e. The summed E-state index contributed by atoms with van der Waals surface area (Å²) in [6.45, 7) is 4.63. The van der Waals surface area contributed by atoms with E-state index in [1.54, 1.807) is 20.9 Å². The summed E-state index contributed by atoms with van der Waals surface area (Å²) in [5, 5.41) is 0. The Morgan fingerprint density at radius 3 is 1.29 bits per heavy atom. The van der Waals surface area contributed by atoms with Crippen LogP contribution in [0.1, 0.15) is 153 Å². The Morgan fingerprint density at radius 2 is 0.881 bits per heavy atom. The predicted molar refractivity (Wildman–Crippen MR) is 205 cm³/mol. The van der Waals surface area contributed by atoms with Gasteiger partial charge >= 0.3 is 253 Å². The van der Waals surface area contributed by atoms with Crippen LogP contribution in [0.2, 0.25) is 24.7 Å². The first-order valence-corrected chi connectivity index (χ1v) is 36.6. The van der Waals surface area contributed by atoms with Crippen LogP contribution in [0.3, 0.4) is 0 Å². The Bertz CT molecular complexity index is 918. The van der Waals surface area contributed by atoms with Crippen LogP contribution in [0.25, 0.3) is 9.75 Å². The van der Waals surface area contributed by atoms with Crippen molar-refractivity contribution in [3.63, 3.8) is 0 Å². The van der Waals surface area contributed by atoms with E-state index in [1.807, 2.05) is 5.79 Å². The van der Waals surface area contributed by atoms with Gasteiger partial charge in [0.2, 0.25) is 0 Å². The Hall–Kier alpha value is 0.867. The van der Waals surface area contributed by atoms with Gasteiger partial charge in [0.25, 0.3) is 0 Å². The summed E-state index contributed by atoms with van der Waals surface area (Å²) in [5.41, 5.74) is 3.49. The molecule has 0 aromatic carbocycles. The molecule has 2 aromatic heterocycles. The van der Waals surface area contributed by atoms with Crippen LogP contribution in [0.15, 0.2) is 12.1 Å². The van der Waals surface area contributed by atoms with E-state index in [4.69, 9.17) is 0 Å². The molecule has 42 heavy (non-hydrogen) atoms.